The van der Waals surface area contributed by atoms with Crippen molar-refractivity contribution >= 4 is 23.5 Å². The van der Waals surface area contributed by atoms with Gasteiger partial charge in [-0.15, -0.1) is 0 Å². The van der Waals surface area contributed by atoms with Gasteiger partial charge in [0.05, 0.1) is 0 Å². The molecule has 0 aliphatic carbocycles. The summed E-state index contributed by atoms with van der Waals surface area (Å²) in [6, 6.07) is 9.28. The van der Waals surface area contributed by atoms with Gasteiger partial charge in [-0.2, -0.15) is 23.5 Å². The lowest BCUT2D eigenvalue weighted by Crippen LogP contribution is -2.37. The van der Waals surface area contributed by atoms with Crippen molar-refractivity contribution in [1.29, 1.82) is 0 Å². The fourth-order valence-corrected chi connectivity index (χ4v) is 5.96. The van der Waals surface area contributed by atoms with E-state index in [9.17, 15) is 0 Å². The number of rotatable bonds is 4. The number of aryl methyl sites for hydroxylation is 1. The quantitative estimate of drug-likeness (QED) is 0.899. The predicted octanol–water partition coefficient (Wildman–Crippen LogP) is 3.88. The van der Waals surface area contributed by atoms with Crippen LogP contribution in [0.3, 0.4) is 0 Å². The van der Waals surface area contributed by atoms with Crippen LogP contribution in [0.15, 0.2) is 24.3 Å². The number of benzene rings is 1. The minimum Gasteiger partial charge on any atom is -0.312 e. The van der Waals surface area contributed by atoms with Gasteiger partial charge in [-0.3, -0.25) is 0 Å². The zero-order valence-corrected chi connectivity index (χ0v) is 13.1. The molecule has 1 heterocycles. The average Bonchev–Trinajstić information content (AvgIpc) is 2.42. The minimum atomic E-state index is 0.481. The Labute approximate surface area is 120 Å². The van der Waals surface area contributed by atoms with Crippen molar-refractivity contribution in [3.63, 3.8) is 0 Å². The SMILES string of the molecule is CCC1SCCSC1C(NC)c1ccccc1C. The Hall–Kier alpha value is -0.120. The molecule has 1 aromatic carbocycles. The zero-order chi connectivity index (χ0) is 13.0. The molecule has 3 unspecified atom stereocenters. The van der Waals surface area contributed by atoms with Crippen LogP contribution in [0.2, 0.25) is 0 Å². The third-order valence-electron chi connectivity index (χ3n) is 3.66. The molecule has 0 spiro atoms. The maximum atomic E-state index is 3.56. The normalized spacial score (nSPS) is 25.9. The molecule has 18 heavy (non-hydrogen) atoms. The lowest BCUT2D eigenvalue weighted by atomic mass is 9.96. The average molecular weight is 281 g/mol. The minimum absolute atomic E-state index is 0.481. The van der Waals surface area contributed by atoms with Gasteiger partial charge < -0.3 is 5.32 Å². The van der Waals surface area contributed by atoms with Gasteiger partial charge in [-0.05, 0) is 31.5 Å². The lowest BCUT2D eigenvalue weighted by molar-refractivity contribution is 0.541. The lowest BCUT2D eigenvalue weighted by Gasteiger charge is -2.36. The number of thioether (sulfide) groups is 2. The van der Waals surface area contributed by atoms with Crippen LogP contribution in [-0.2, 0) is 0 Å². The molecule has 3 atom stereocenters. The van der Waals surface area contributed by atoms with E-state index < -0.39 is 0 Å². The third kappa shape index (κ3) is 3.06. The fourth-order valence-electron chi connectivity index (χ4n) is 2.68. The predicted molar refractivity (Wildman–Crippen MR) is 85.8 cm³/mol. The highest BCUT2D eigenvalue weighted by Crippen LogP contribution is 2.40. The van der Waals surface area contributed by atoms with Crippen LogP contribution in [0.5, 0.6) is 0 Å². The standard InChI is InChI=1S/C15H23NS2/c1-4-13-15(18-10-9-17-13)14(16-3)12-8-6-5-7-11(12)2/h5-8,13-16H,4,9-10H2,1-3H3. The molecular weight excluding hydrogens is 258 g/mol. The Morgan fingerprint density at radius 2 is 2.00 bits per heavy atom. The maximum absolute atomic E-state index is 3.56. The molecule has 1 fully saturated rings. The second kappa shape index (κ2) is 6.88. The third-order valence-corrected chi connectivity index (χ3v) is 7.01. The van der Waals surface area contributed by atoms with Gasteiger partial charge in [-0.1, -0.05) is 31.2 Å². The molecule has 1 nitrogen and oxygen atoms in total. The summed E-state index contributed by atoms with van der Waals surface area (Å²) in [6.07, 6.45) is 1.27. The molecule has 0 amide bonds. The highest BCUT2D eigenvalue weighted by Gasteiger charge is 2.32. The largest absolute Gasteiger partial charge is 0.312 e. The van der Waals surface area contributed by atoms with Crippen molar-refractivity contribution in [1.82, 2.24) is 5.32 Å². The van der Waals surface area contributed by atoms with Gasteiger partial charge in [0.2, 0.25) is 0 Å². The first kappa shape index (κ1) is 14.3. The Balaban J connectivity index is 2.24. The van der Waals surface area contributed by atoms with Crippen molar-refractivity contribution in [2.75, 3.05) is 18.6 Å². The van der Waals surface area contributed by atoms with E-state index in [1.807, 2.05) is 0 Å². The maximum Gasteiger partial charge on any atom is 0.0451 e. The summed E-state index contributed by atoms with van der Waals surface area (Å²) < 4.78 is 0. The molecule has 1 N–H and O–H groups in total. The highest BCUT2D eigenvalue weighted by molar-refractivity contribution is 8.07. The van der Waals surface area contributed by atoms with E-state index in [0.29, 0.717) is 11.3 Å². The number of hydrogen-bond donors (Lipinski definition) is 1. The van der Waals surface area contributed by atoms with Crippen LogP contribution in [-0.4, -0.2) is 29.1 Å². The summed E-state index contributed by atoms with van der Waals surface area (Å²) in [5.41, 5.74) is 2.88. The second-order valence-corrected chi connectivity index (χ2v) is 7.41. The molecule has 1 saturated heterocycles. The molecule has 3 heteroatoms. The van der Waals surface area contributed by atoms with E-state index in [1.54, 1.807) is 0 Å². The van der Waals surface area contributed by atoms with E-state index in [4.69, 9.17) is 0 Å². The first-order chi connectivity index (χ1) is 8.77. The molecular formula is C15H23NS2. The molecule has 0 bridgehead atoms. The molecule has 0 radical (unpaired) electrons. The topological polar surface area (TPSA) is 12.0 Å². The first-order valence-corrected chi connectivity index (χ1v) is 8.83. The Bertz CT molecular complexity index is 381. The van der Waals surface area contributed by atoms with Gasteiger partial charge in [0.1, 0.15) is 0 Å². The second-order valence-electron chi connectivity index (χ2n) is 4.78. The van der Waals surface area contributed by atoms with Gasteiger partial charge in [0.25, 0.3) is 0 Å². The summed E-state index contributed by atoms with van der Waals surface area (Å²) in [4.78, 5) is 0. The van der Waals surface area contributed by atoms with E-state index in [-0.39, 0.29) is 0 Å². The summed E-state index contributed by atoms with van der Waals surface area (Å²) in [6.45, 7) is 4.54. The van der Waals surface area contributed by atoms with E-state index in [0.717, 1.165) is 5.25 Å². The van der Waals surface area contributed by atoms with Gasteiger partial charge >= 0.3 is 0 Å². The van der Waals surface area contributed by atoms with E-state index >= 15 is 0 Å². The number of nitrogens with one attached hydrogen (secondary N) is 1. The zero-order valence-electron chi connectivity index (χ0n) is 11.5. The fraction of sp³-hybridized carbons (Fsp3) is 0.600. The molecule has 1 aliphatic heterocycles. The Morgan fingerprint density at radius 3 is 2.67 bits per heavy atom. The smallest absolute Gasteiger partial charge is 0.0451 e. The van der Waals surface area contributed by atoms with Gasteiger partial charge in [0.15, 0.2) is 0 Å². The van der Waals surface area contributed by atoms with Crippen LogP contribution in [0.25, 0.3) is 0 Å². The Kier molecular flexibility index (Phi) is 5.46. The van der Waals surface area contributed by atoms with Gasteiger partial charge in [0, 0.05) is 28.0 Å². The summed E-state index contributed by atoms with van der Waals surface area (Å²) >= 11 is 4.30. The van der Waals surface area contributed by atoms with E-state index in [1.165, 1.54) is 29.1 Å². The summed E-state index contributed by atoms with van der Waals surface area (Å²) in [5.74, 6) is 2.60. The van der Waals surface area contributed by atoms with Crippen LogP contribution in [0.1, 0.15) is 30.5 Å². The van der Waals surface area contributed by atoms with Crippen LogP contribution < -0.4 is 5.32 Å². The van der Waals surface area contributed by atoms with Crippen LogP contribution in [0, 0.1) is 6.92 Å². The first-order valence-electron chi connectivity index (χ1n) is 6.74. The monoisotopic (exact) mass is 281 g/mol. The van der Waals surface area contributed by atoms with Gasteiger partial charge in [-0.25, -0.2) is 0 Å². The van der Waals surface area contributed by atoms with Crippen molar-refractivity contribution < 1.29 is 0 Å². The van der Waals surface area contributed by atoms with Crippen LogP contribution in [0.4, 0.5) is 0 Å². The molecule has 2 rings (SSSR count). The summed E-state index contributed by atoms with van der Waals surface area (Å²) in [7, 11) is 2.10. The molecule has 1 aromatic rings. The van der Waals surface area contributed by atoms with Crippen molar-refractivity contribution in [2.24, 2.45) is 0 Å². The van der Waals surface area contributed by atoms with Crippen molar-refractivity contribution in [3.05, 3.63) is 35.4 Å². The highest BCUT2D eigenvalue weighted by atomic mass is 32.2. The van der Waals surface area contributed by atoms with Crippen LogP contribution >= 0.6 is 23.5 Å². The van der Waals surface area contributed by atoms with Crippen molar-refractivity contribution in [2.45, 2.75) is 36.8 Å². The van der Waals surface area contributed by atoms with Crippen molar-refractivity contribution in [3.8, 4) is 0 Å². The van der Waals surface area contributed by atoms with E-state index in [2.05, 4.69) is 74.0 Å². The molecule has 100 valence electrons. The summed E-state index contributed by atoms with van der Waals surface area (Å²) in [5, 5.41) is 5.03. The molecule has 1 aliphatic rings. The Morgan fingerprint density at radius 1 is 1.28 bits per heavy atom. The molecule has 0 saturated carbocycles. The molecule has 0 aromatic heterocycles. The number of hydrogen-bond acceptors (Lipinski definition) is 3.